The van der Waals surface area contributed by atoms with Crippen LogP contribution in [0.25, 0.3) is 0 Å². The Morgan fingerprint density at radius 2 is 1.34 bits per heavy atom. The zero-order valence-corrected chi connectivity index (χ0v) is 16.5. The number of benzene rings is 3. The van der Waals surface area contributed by atoms with Gasteiger partial charge >= 0.3 is 5.97 Å². The summed E-state index contributed by atoms with van der Waals surface area (Å²) < 4.78 is 10.2. The van der Waals surface area contributed by atoms with Crippen LogP contribution < -0.4 is 10.1 Å². The molecule has 0 heterocycles. The van der Waals surface area contributed by atoms with Crippen molar-refractivity contribution in [3.63, 3.8) is 0 Å². The minimum absolute atomic E-state index is 0.399. The number of aliphatic hydroxyl groups excluding tert-OH is 1. The normalized spacial score (nSPS) is 12.2. The number of hydrogen-bond acceptors (Lipinski definition) is 5. The number of esters is 1. The van der Waals surface area contributed by atoms with Gasteiger partial charge in [0.15, 0.2) is 0 Å². The van der Waals surface area contributed by atoms with Crippen molar-refractivity contribution in [1.82, 2.24) is 5.32 Å². The summed E-state index contributed by atoms with van der Waals surface area (Å²) >= 11 is 0. The Hall–Kier alpha value is -3.15. The van der Waals surface area contributed by atoms with Crippen LogP contribution in [0.4, 0.5) is 0 Å². The van der Waals surface area contributed by atoms with Crippen molar-refractivity contribution in [3.8, 4) is 5.75 Å². The third kappa shape index (κ3) is 4.16. The largest absolute Gasteiger partial charge is 0.497 e. The molecule has 5 heteroatoms. The van der Waals surface area contributed by atoms with Crippen molar-refractivity contribution in [2.75, 3.05) is 20.8 Å². The second-order valence-electron chi connectivity index (χ2n) is 6.61. The maximum atomic E-state index is 12.4. The fraction of sp³-hybridized carbons (Fsp3) is 0.208. The molecule has 5 nitrogen and oxygen atoms in total. The van der Waals surface area contributed by atoms with E-state index in [0.29, 0.717) is 0 Å². The lowest BCUT2D eigenvalue weighted by atomic mass is 9.76. The first-order valence-electron chi connectivity index (χ1n) is 9.37. The molecule has 0 amide bonds. The molecule has 0 saturated carbocycles. The van der Waals surface area contributed by atoms with Crippen LogP contribution in [0.15, 0.2) is 84.9 Å². The molecule has 1 atom stereocenters. The molecule has 0 fully saturated rings. The SMILES string of the molecule is COC(=O)[C@H](CO)NC(c1ccccc1)(c1ccccc1)c1ccc(OC)cc1. The highest BCUT2D eigenvalue weighted by Gasteiger charge is 2.40. The van der Waals surface area contributed by atoms with Gasteiger partial charge in [0.1, 0.15) is 11.8 Å². The highest BCUT2D eigenvalue weighted by molar-refractivity contribution is 5.76. The number of ether oxygens (including phenoxy) is 2. The first-order chi connectivity index (χ1) is 14.2. The zero-order chi connectivity index (χ0) is 20.7. The summed E-state index contributed by atoms with van der Waals surface area (Å²) in [7, 11) is 2.93. The monoisotopic (exact) mass is 391 g/mol. The number of hydrogen-bond donors (Lipinski definition) is 2. The van der Waals surface area contributed by atoms with E-state index >= 15 is 0 Å². The molecular formula is C24H25NO4. The number of carbonyl (C=O) groups is 1. The molecule has 150 valence electrons. The summed E-state index contributed by atoms with van der Waals surface area (Å²) in [5.41, 5.74) is 1.87. The van der Waals surface area contributed by atoms with E-state index in [2.05, 4.69) is 5.32 Å². The number of carbonyl (C=O) groups excluding carboxylic acids is 1. The predicted molar refractivity (Wildman–Crippen MR) is 112 cm³/mol. The standard InChI is InChI=1S/C24H25NO4/c1-28-21-15-13-20(14-16-21)24(18-9-5-3-6-10-18,19-11-7-4-8-12-19)25-22(17-26)23(27)29-2/h3-16,22,25-26H,17H2,1-2H3/t22-/m0/s1. The number of methoxy groups -OCH3 is 2. The highest BCUT2D eigenvalue weighted by atomic mass is 16.5. The van der Waals surface area contributed by atoms with E-state index < -0.39 is 24.2 Å². The van der Waals surface area contributed by atoms with E-state index in [0.717, 1.165) is 22.4 Å². The lowest BCUT2D eigenvalue weighted by Crippen LogP contribution is -2.54. The van der Waals surface area contributed by atoms with Crippen LogP contribution in [-0.2, 0) is 15.1 Å². The van der Waals surface area contributed by atoms with E-state index in [-0.39, 0.29) is 0 Å². The van der Waals surface area contributed by atoms with E-state index in [9.17, 15) is 9.90 Å². The maximum Gasteiger partial charge on any atom is 0.325 e. The van der Waals surface area contributed by atoms with Crippen LogP contribution in [0.2, 0.25) is 0 Å². The Morgan fingerprint density at radius 3 is 1.76 bits per heavy atom. The van der Waals surface area contributed by atoms with Crippen LogP contribution in [-0.4, -0.2) is 37.9 Å². The van der Waals surface area contributed by atoms with E-state index in [1.54, 1.807) is 7.11 Å². The lowest BCUT2D eigenvalue weighted by molar-refractivity contribution is -0.144. The van der Waals surface area contributed by atoms with Gasteiger partial charge in [-0.25, -0.2) is 0 Å². The molecule has 29 heavy (non-hydrogen) atoms. The highest BCUT2D eigenvalue weighted by Crippen LogP contribution is 2.38. The van der Waals surface area contributed by atoms with Crippen LogP contribution in [0, 0.1) is 0 Å². The van der Waals surface area contributed by atoms with E-state index in [4.69, 9.17) is 9.47 Å². The fourth-order valence-electron chi connectivity index (χ4n) is 3.55. The molecule has 0 unspecified atom stereocenters. The molecule has 2 N–H and O–H groups in total. The second kappa shape index (κ2) is 9.37. The van der Waals surface area contributed by atoms with Crippen molar-refractivity contribution in [2.45, 2.75) is 11.6 Å². The molecule has 0 aliphatic heterocycles. The van der Waals surface area contributed by atoms with E-state index in [1.165, 1.54) is 7.11 Å². The Morgan fingerprint density at radius 1 is 0.862 bits per heavy atom. The average Bonchev–Trinajstić information content (AvgIpc) is 2.81. The molecule has 0 aliphatic carbocycles. The Balaban J connectivity index is 2.27. The van der Waals surface area contributed by atoms with Gasteiger partial charge in [-0.15, -0.1) is 0 Å². The number of rotatable bonds is 8. The summed E-state index contributed by atoms with van der Waals surface area (Å²) in [4.78, 5) is 12.4. The van der Waals surface area contributed by atoms with Crippen molar-refractivity contribution in [1.29, 1.82) is 0 Å². The smallest absolute Gasteiger partial charge is 0.325 e. The van der Waals surface area contributed by atoms with Crippen molar-refractivity contribution < 1.29 is 19.4 Å². The minimum Gasteiger partial charge on any atom is -0.497 e. The summed E-state index contributed by atoms with van der Waals surface area (Å²) in [5, 5.41) is 13.3. The summed E-state index contributed by atoms with van der Waals surface area (Å²) in [6.45, 7) is -0.399. The molecule has 0 radical (unpaired) electrons. The first-order valence-corrected chi connectivity index (χ1v) is 9.37. The van der Waals surface area contributed by atoms with Gasteiger partial charge in [0.05, 0.1) is 26.4 Å². The summed E-state index contributed by atoms with van der Waals surface area (Å²) in [6, 6.07) is 26.4. The second-order valence-corrected chi connectivity index (χ2v) is 6.61. The van der Waals surface area contributed by atoms with Crippen molar-refractivity contribution >= 4 is 5.97 Å². The number of nitrogens with one attached hydrogen (secondary N) is 1. The first kappa shape index (κ1) is 20.6. The van der Waals surface area contributed by atoms with Crippen molar-refractivity contribution in [3.05, 3.63) is 102 Å². The van der Waals surface area contributed by atoms with E-state index in [1.807, 2.05) is 84.9 Å². The van der Waals surface area contributed by atoms with Gasteiger partial charge in [-0.05, 0) is 28.8 Å². The molecule has 3 aromatic carbocycles. The molecule has 3 rings (SSSR count). The topological polar surface area (TPSA) is 67.8 Å². The zero-order valence-electron chi connectivity index (χ0n) is 16.5. The van der Waals surface area contributed by atoms with Gasteiger partial charge in [0.25, 0.3) is 0 Å². The van der Waals surface area contributed by atoms with Gasteiger partial charge in [0.2, 0.25) is 0 Å². The third-order valence-corrected chi connectivity index (χ3v) is 5.00. The van der Waals surface area contributed by atoms with Gasteiger partial charge in [0, 0.05) is 0 Å². The number of aliphatic hydroxyl groups is 1. The average molecular weight is 391 g/mol. The third-order valence-electron chi connectivity index (χ3n) is 5.00. The fourth-order valence-corrected chi connectivity index (χ4v) is 3.55. The van der Waals surface area contributed by atoms with Crippen LogP contribution in [0.1, 0.15) is 16.7 Å². The van der Waals surface area contributed by atoms with Gasteiger partial charge < -0.3 is 14.6 Å². The molecule has 0 bridgehead atoms. The maximum absolute atomic E-state index is 12.4. The molecule has 0 spiro atoms. The Kier molecular flexibility index (Phi) is 6.65. The Bertz CT molecular complexity index is 871. The Labute approximate surface area is 170 Å². The molecular weight excluding hydrogens is 366 g/mol. The van der Waals surface area contributed by atoms with Crippen LogP contribution in [0.5, 0.6) is 5.75 Å². The predicted octanol–water partition coefficient (Wildman–Crippen LogP) is 3.11. The van der Waals surface area contributed by atoms with Gasteiger partial charge in [-0.3, -0.25) is 10.1 Å². The van der Waals surface area contributed by atoms with Gasteiger partial charge in [-0.2, -0.15) is 0 Å². The molecule has 0 aromatic heterocycles. The summed E-state index contributed by atoms with van der Waals surface area (Å²) in [6.07, 6.45) is 0. The lowest BCUT2D eigenvalue weighted by Gasteiger charge is -2.39. The van der Waals surface area contributed by atoms with Crippen LogP contribution >= 0.6 is 0 Å². The van der Waals surface area contributed by atoms with Crippen LogP contribution in [0.3, 0.4) is 0 Å². The summed E-state index contributed by atoms with van der Waals surface area (Å²) in [5.74, 6) is 0.202. The molecule has 0 saturated heterocycles. The van der Waals surface area contributed by atoms with Gasteiger partial charge in [-0.1, -0.05) is 72.8 Å². The minimum atomic E-state index is -0.914. The molecule has 0 aliphatic rings. The van der Waals surface area contributed by atoms with Crippen molar-refractivity contribution in [2.24, 2.45) is 0 Å². The quantitative estimate of drug-likeness (QED) is 0.456. The molecule has 3 aromatic rings.